The van der Waals surface area contributed by atoms with Crippen LogP contribution in [0.1, 0.15) is 47.1 Å². The van der Waals surface area contributed by atoms with Gasteiger partial charge < -0.3 is 4.74 Å². The van der Waals surface area contributed by atoms with Gasteiger partial charge in [-0.25, -0.2) is 4.79 Å². The second-order valence-corrected chi connectivity index (χ2v) is 8.47. The molecule has 0 aliphatic heterocycles. The first-order valence-electron chi connectivity index (χ1n) is 7.03. The van der Waals surface area contributed by atoms with E-state index in [1.807, 2.05) is 33.0 Å². The number of nitrogens with zero attached hydrogens (tertiary/aromatic N) is 1. The Morgan fingerprint density at radius 2 is 1.76 bits per heavy atom. The minimum absolute atomic E-state index is 0.0886. The summed E-state index contributed by atoms with van der Waals surface area (Å²) >= 11 is 2.27. The molecule has 0 fully saturated rings. The molecule has 3 nitrogen and oxygen atoms in total. The van der Waals surface area contributed by atoms with Gasteiger partial charge in [-0.05, 0) is 66.5 Å². The number of hydrogen-bond acceptors (Lipinski definition) is 2. The molecule has 21 heavy (non-hydrogen) atoms. The highest BCUT2D eigenvalue weighted by Crippen LogP contribution is 2.30. The van der Waals surface area contributed by atoms with E-state index in [0.29, 0.717) is 0 Å². The molecule has 0 amide bonds. The molecule has 0 spiro atoms. The SMILES string of the molecule is CC(C)(C)OC(=O)n1cc(I)c2cc(C(C)(C)C)ccc21. The Kier molecular flexibility index (Phi) is 4.12. The molecule has 0 saturated carbocycles. The largest absolute Gasteiger partial charge is 0.443 e. The van der Waals surface area contributed by atoms with Crippen LogP contribution in [0.25, 0.3) is 10.9 Å². The van der Waals surface area contributed by atoms with Gasteiger partial charge in [0.2, 0.25) is 0 Å². The van der Waals surface area contributed by atoms with Crippen molar-refractivity contribution in [2.75, 3.05) is 0 Å². The van der Waals surface area contributed by atoms with E-state index in [9.17, 15) is 4.79 Å². The summed E-state index contributed by atoms with van der Waals surface area (Å²) in [5.74, 6) is 0. The molecular weight excluding hydrogens is 377 g/mol. The lowest BCUT2D eigenvalue weighted by atomic mass is 9.86. The first-order valence-corrected chi connectivity index (χ1v) is 8.11. The van der Waals surface area contributed by atoms with E-state index < -0.39 is 5.60 Å². The van der Waals surface area contributed by atoms with Crippen LogP contribution in [0.4, 0.5) is 4.79 Å². The number of carbonyl (C=O) groups is 1. The van der Waals surface area contributed by atoms with Crippen LogP contribution in [0, 0.1) is 3.57 Å². The molecule has 0 bridgehead atoms. The van der Waals surface area contributed by atoms with Gasteiger partial charge >= 0.3 is 6.09 Å². The maximum absolute atomic E-state index is 12.3. The summed E-state index contributed by atoms with van der Waals surface area (Å²) in [6, 6.07) is 6.25. The molecule has 0 N–H and O–H groups in total. The average molecular weight is 399 g/mol. The Hall–Kier alpha value is -1.04. The summed E-state index contributed by atoms with van der Waals surface area (Å²) < 4.78 is 8.11. The normalized spacial score (nSPS) is 12.7. The van der Waals surface area contributed by atoms with Crippen LogP contribution < -0.4 is 0 Å². The topological polar surface area (TPSA) is 31.2 Å². The van der Waals surface area contributed by atoms with Gasteiger partial charge in [-0.3, -0.25) is 4.57 Å². The fourth-order valence-electron chi connectivity index (χ4n) is 2.12. The zero-order valence-electron chi connectivity index (χ0n) is 13.5. The van der Waals surface area contributed by atoms with Gasteiger partial charge in [0.25, 0.3) is 0 Å². The fraction of sp³-hybridized carbons (Fsp3) is 0.471. The summed E-state index contributed by atoms with van der Waals surface area (Å²) in [4.78, 5) is 12.3. The predicted molar refractivity (Wildman–Crippen MR) is 95.0 cm³/mol. The van der Waals surface area contributed by atoms with Crippen LogP contribution in [0.5, 0.6) is 0 Å². The molecule has 1 aromatic carbocycles. The van der Waals surface area contributed by atoms with Crippen LogP contribution in [0.2, 0.25) is 0 Å². The van der Waals surface area contributed by atoms with Crippen molar-refractivity contribution >= 4 is 39.6 Å². The number of rotatable bonds is 0. The second kappa shape index (κ2) is 5.30. The first-order chi connectivity index (χ1) is 9.49. The zero-order valence-corrected chi connectivity index (χ0v) is 15.6. The van der Waals surface area contributed by atoms with Crippen molar-refractivity contribution < 1.29 is 9.53 Å². The van der Waals surface area contributed by atoms with Gasteiger partial charge in [0.05, 0.1) is 5.52 Å². The van der Waals surface area contributed by atoms with E-state index >= 15 is 0 Å². The van der Waals surface area contributed by atoms with Crippen molar-refractivity contribution in [2.24, 2.45) is 0 Å². The average Bonchev–Trinajstić information content (AvgIpc) is 2.63. The third-order valence-electron chi connectivity index (χ3n) is 3.21. The van der Waals surface area contributed by atoms with Crippen molar-refractivity contribution in [1.82, 2.24) is 4.57 Å². The Morgan fingerprint density at radius 1 is 1.14 bits per heavy atom. The number of benzene rings is 1. The summed E-state index contributed by atoms with van der Waals surface area (Å²) in [6.07, 6.45) is 1.50. The first kappa shape index (κ1) is 16.3. The van der Waals surface area contributed by atoms with Crippen molar-refractivity contribution in [2.45, 2.75) is 52.6 Å². The molecule has 1 heterocycles. The minimum atomic E-state index is -0.496. The van der Waals surface area contributed by atoms with Crippen molar-refractivity contribution in [3.05, 3.63) is 33.5 Å². The molecule has 2 aromatic rings. The lowest BCUT2D eigenvalue weighted by molar-refractivity contribution is 0.0544. The summed E-state index contributed by atoms with van der Waals surface area (Å²) in [5.41, 5.74) is 1.74. The number of carbonyl (C=O) groups excluding carboxylic acids is 1. The Bertz CT molecular complexity index is 687. The quantitative estimate of drug-likeness (QED) is 0.561. The van der Waals surface area contributed by atoms with Crippen LogP contribution in [-0.2, 0) is 10.2 Å². The van der Waals surface area contributed by atoms with Crippen molar-refractivity contribution in [1.29, 1.82) is 0 Å². The Balaban J connectivity index is 2.52. The summed E-state index contributed by atoms with van der Waals surface area (Å²) in [7, 11) is 0. The molecular formula is C17H22INO2. The van der Waals surface area contributed by atoms with E-state index in [2.05, 4.69) is 55.5 Å². The molecule has 0 atom stereocenters. The van der Waals surface area contributed by atoms with E-state index in [1.54, 1.807) is 4.57 Å². The second-order valence-electron chi connectivity index (χ2n) is 7.31. The maximum Gasteiger partial charge on any atom is 0.419 e. The van der Waals surface area contributed by atoms with Gasteiger partial charge in [-0.2, -0.15) is 0 Å². The number of ether oxygens (including phenoxy) is 1. The molecule has 1 aromatic heterocycles. The Morgan fingerprint density at radius 3 is 2.29 bits per heavy atom. The van der Waals surface area contributed by atoms with Gasteiger partial charge in [-0.15, -0.1) is 0 Å². The summed E-state index contributed by atoms with van der Waals surface area (Å²) in [5, 5.41) is 1.09. The van der Waals surface area contributed by atoms with Gasteiger partial charge in [0.15, 0.2) is 0 Å². The molecule has 0 radical (unpaired) electrons. The fourth-order valence-corrected chi connectivity index (χ4v) is 2.83. The molecule has 114 valence electrons. The highest BCUT2D eigenvalue weighted by molar-refractivity contribution is 14.1. The van der Waals surface area contributed by atoms with Crippen LogP contribution >= 0.6 is 22.6 Å². The highest BCUT2D eigenvalue weighted by atomic mass is 127. The smallest absolute Gasteiger partial charge is 0.419 e. The number of aromatic nitrogens is 1. The molecule has 4 heteroatoms. The maximum atomic E-state index is 12.3. The van der Waals surface area contributed by atoms with Crippen LogP contribution in [0.3, 0.4) is 0 Å². The van der Waals surface area contributed by atoms with E-state index in [4.69, 9.17) is 4.74 Å². The molecule has 0 aliphatic carbocycles. The van der Waals surface area contributed by atoms with Gasteiger partial charge in [-0.1, -0.05) is 26.8 Å². The van der Waals surface area contributed by atoms with Crippen LogP contribution in [0.15, 0.2) is 24.4 Å². The van der Waals surface area contributed by atoms with E-state index in [1.165, 1.54) is 5.56 Å². The predicted octanol–water partition coefficient (Wildman–Crippen LogP) is 5.33. The van der Waals surface area contributed by atoms with Gasteiger partial charge in [0.1, 0.15) is 5.60 Å². The lowest BCUT2D eigenvalue weighted by Gasteiger charge is -2.20. The molecule has 0 unspecified atom stereocenters. The third kappa shape index (κ3) is 3.59. The van der Waals surface area contributed by atoms with Crippen molar-refractivity contribution in [3.8, 4) is 0 Å². The molecule has 2 rings (SSSR count). The number of fused-ring (bicyclic) bond motifs is 1. The lowest BCUT2D eigenvalue weighted by Crippen LogP contribution is -2.26. The Labute approximate surface area is 139 Å². The molecule has 0 aliphatic rings. The third-order valence-corrected chi connectivity index (χ3v) is 4.07. The van der Waals surface area contributed by atoms with Crippen molar-refractivity contribution in [3.63, 3.8) is 0 Å². The van der Waals surface area contributed by atoms with Gasteiger partial charge in [0, 0.05) is 15.2 Å². The van der Waals surface area contributed by atoms with E-state index in [0.717, 1.165) is 14.5 Å². The standard InChI is InChI=1S/C17H22INO2/c1-16(2,3)11-7-8-14-12(9-11)13(18)10-19(14)15(20)21-17(4,5)6/h7-10H,1-6H3. The van der Waals surface area contributed by atoms with Crippen LogP contribution in [-0.4, -0.2) is 16.3 Å². The summed E-state index contributed by atoms with van der Waals surface area (Å²) in [6.45, 7) is 12.2. The highest BCUT2D eigenvalue weighted by Gasteiger charge is 2.21. The monoisotopic (exact) mass is 399 g/mol. The molecule has 0 saturated heterocycles. The number of hydrogen-bond donors (Lipinski definition) is 0. The minimum Gasteiger partial charge on any atom is -0.443 e. The number of halogens is 1. The zero-order chi connectivity index (χ0) is 16.0. The van der Waals surface area contributed by atoms with E-state index in [-0.39, 0.29) is 11.5 Å².